The van der Waals surface area contributed by atoms with E-state index in [0.29, 0.717) is 29.7 Å². The number of esters is 1. The molecule has 140 valence electrons. The van der Waals surface area contributed by atoms with Gasteiger partial charge < -0.3 is 15.4 Å². The lowest BCUT2D eigenvalue weighted by atomic mass is 10.2. The number of aromatic nitrogens is 1. The Kier molecular flexibility index (Phi) is 7.08. The van der Waals surface area contributed by atoms with Gasteiger partial charge in [-0.25, -0.2) is 14.2 Å². The molecule has 0 saturated heterocycles. The zero-order chi connectivity index (χ0) is 19.1. The number of aryl methyl sites for hydroxylation is 1. The fourth-order valence-electron chi connectivity index (χ4n) is 2.28. The zero-order valence-corrected chi connectivity index (χ0v) is 16.1. The molecule has 0 spiro atoms. The van der Waals surface area contributed by atoms with Gasteiger partial charge in [0.1, 0.15) is 15.7 Å². The van der Waals surface area contributed by atoms with Crippen molar-refractivity contribution in [2.75, 3.05) is 13.7 Å². The summed E-state index contributed by atoms with van der Waals surface area (Å²) in [5.74, 6) is -0.0627. The number of aliphatic imine (C=N–C) groups is 1. The maximum Gasteiger partial charge on any atom is 0.350 e. The van der Waals surface area contributed by atoms with Gasteiger partial charge in [0.15, 0.2) is 5.96 Å². The SMILES string of the molecule is CCOC(=O)c1sc(C(C)NC(=NC)NCc2cccc(F)c2)nc1C. The van der Waals surface area contributed by atoms with Crippen LogP contribution in [-0.2, 0) is 11.3 Å². The lowest BCUT2D eigenvalue weighted by Crippen LogP contribution is -2.38. The van der Waals surface area contributed by atoms with E-state index in [2.05, 4.69) is 20.6 Å². The van der Waals surface area contributed by atoms with Crippen LogP contribution < -0.4 is 10.6 Å². The molecule has 0 radical (unpaired) electrons. The molecule has 26 heavy (non-hydrogen) atoms. The molecule has 1 heterocycles. The Morgan fingerprint density at radius 2 is 2.23 bits per heavy atom. The third kappa shape index (κ3) is 5.26. The minimum Gasteiger partial charge on any atom is -0.462 e. The van der Waals surface area contributed by atoms with Crippen LogP contribution in [0.1, 0.15) is 45.8 Å². The molecule has 2 rings (SSSR count). The molecule has 0 aliphatic carbocycles. The van der Waals surface area contributed by atoms with Crippen LogP contribution in [0.2, 0.25) is 0 Å². The monoisotopic (exact) mass is 378 g/mol. The summed E-state index contributed by atoms with van der Waals surface area (Å²) in [6, 6.07) is 6.23. The summed E-state index contributed by atoms with van der Waals surface area (Å²) in [6.07, 6.45) is 0. The molecular weight excluding hydrogens is 355 g/mol. The van der Waals surface area contributed by atoms with Crippen LogP contribution in [0.15, 0.2) is 29.3 Å². The van der Waals surface area contributed by atoms with Crippen LogP contribution in [0.5, 0.6) is 0 Å². The normalized spacial score (nSPS) is 12.6. The van der Waals surface area contributed by atoms with E-state index in [1.54, 1.807) is 27.0 Å². The zero-order valence-electron chi connectivity index (χ0n) is 15.3. The maximum absolute atomic E-state index is 13.2. The van der Waals surface area contributed by atoms with Crippen LogP contribution in [0, 0.1) is 12.7 Å². The van der Waals surface area contributed by atoms with Crippen molar-refractivity contribution in [3.8, 4) is 0 Å². The van der Waals surface area contributed by atoms with Crippen LogP contribution in [0.25, 0.3) is 0 Å². The number of rotatable bonds is 6. The van der Waals surface area contributed by atoms with Gasteiger partial charge in [-0.1, -0.05) is 12.1 Å². The highest BCUT2D eigenvalue weighted by molar-refractivity contribution is 7.13. The largest absolute Gasteiger partial charge is 0.462 e. The Balaban J connectivity index is 1.99. The summed E-state index contributed by atoms with van der Waals surface area (Å²) >= 11 is 1.30. The van der Waals surface area contributed by atoms with Gasteiger partial charge in [-0.05, 0) is 38.5 Å². The van der Waals surface area contributed by atoms with Crippen molar-refractivity contribution >= 4 is 23.3 Å². The number of hydrogen-bond donors (Lipinski definition) is 2. The molecule has 1 aromatic heterocycles. The molecule has 0 aliphatic rings. The number of nitrogens with zero attached hydrogens (tertiary/aromatic N) is 2. The molecule has 0 aliphatic heterocycles. The number of carbonyl (C=O) groups excluding carboxylic acids is 1. The lowest BCUT2D eigenvalue weighted by molar-refractivity contribution is 0.0531. The number of thiazole rings is 1. The first-order valence-electron chi connectivity index (χ1n) is 8.30. The van der Waals surface area contributed by atoms with Crippen LogP contribution in [0.3, 0.4) is 0 Å². The summed E-state index contributed by atoms with van der Waals surface area (Å²) in [5, 5.41) is 7.12. The van der Waals surface area contributed by atoms with E-state index >= 15 is 0 Å². The fraction of sp³-hybridized carbons (Fsp3) is 0.389. The van der Waals surface area contributed by atoms with Crippen molar-refractivity contribution in [1.29, 1.82) is 0 Å². The first-order valence-corrected chi connectivity index (χ1v) is 9.12. The molecule has 0 saturated carbocycles. The molecule has 0 bridgehead atoms. The third-order valence-electron chi connectivity index (χ3n) is 3.57. The second-order valence-corrected chi connectivity index (χ2v) is 6.64. The van der Waals surface area contributed by atoms with Crippen molar-refractivity contribution in [2.45, 2.75) is 33.4 Å². The highest BCUT2D eigenvalue weighted by Gasteiger charge is 2.20. The number of ether oxygens (including phenoxy) is 1. The van der Waals surface area contributed by atoms with E-state index < -0.39 is 0 Å². The Labute approximate surface area is 156 Å². The van der Waals surface area contributed by atoms with Crippen molar-refractivity contribution in [1.82, 2.24) is 15.6 Å². The number of halogens is 1. The van der Waals surface area contributed by atoms with Crippen LogP contribution in [0.4, 0.5) is 4.39 Å². The van der Waals surface area contributed by atoms with E-state index in [0.717, 1.165) is 10.6 Å². The van der Waals surface area contributed by atoms with Gasteiger partial charge in [-0.15, -0.1) is 11.3 Å². The molecule has 8 heteroatoms. The molecule has 1 aromatic carbocycles. The van der Waals surface area contributed by atoms with Gasteiger partial charge in [0.05, 0.1) is 18.3 Å². The molecule has 1 atom stereocenters. The summed E-state index contributed by atoms with van der Waals surface area (Å²) in [7, 11) is 1.66. The average molecular weight is 378 g/mol. The van der Waals surface area contributed by atoms with Gasteiger partial charge in [-0.2, -0.15) is 0 Å². The highest BCUT2D eigenvalue weighted by atomic mass is 32.1. The lowest BCUT2D eigenvalue weighted by Gasteiger charge is -2.16. The molecular formula is C18H23FN4O2S. The Morgan fingerprint density at radius 3 is 2.88 bits per heavy atom. The summed E-state index contributed by atoms with van der Waals surface area (Å²) < 4.78 is 18.3. The fourth-order valence-corrected chi connectivity index (χ4v) is 3.25. The maximum atomic E-state index is 13.2. The number of hydrogen-bond acceptors (Lipinski definition) is 5. The van der Waals surface area contributed by atoms with Gasteiger partial charge in [0.25, 0.3) is 0 Å². The number of nitrogens with one attached hydrogen (secondary N) is 2. The first-order chi connectivity index (χ1) is 12.4. The predicted molar refractivity (Wildman–Crippen MR) is 101 cm³/mol. The van der Waals surface area contributed by atoms with Crippen molar-refractivity contribution < 1.29 is 13.9 Å². The molecule has 0 fully saturated rings. The highest BCUT2D eigenvalue weighted by Crippen LogP contribution is 2.24. The Morgan fingerprint density at radius 1 is 1.46 bits per heavy atom. The van der Waals surface area contributed by atoms with Crippen molar-refractivity contribution in [2.24, 2.45) is 4.99 Å². The van der Waals surface area contributed by atoms with Gasteiger partial charge in [0.2, 0.25) is 0 Å². The summed E-state index contributed by atoms with van der Waals surface area (Å²) in [6.45, 7) is 6.26. The predicted octanol–water partition coefficient (Wildman–Crippen LogP) is 3.19. The second-order valence-electron chi connectivity index (χ2n) is 5.61. The van der Waals surface area contributed by atoms with Gasteiger partial charge >= 0.3 is 5.97 Å². The van der Waals surface area contributed by atoms with E-state index in [1.807, 2.05) is 13.0 Å². The van der Waals surface area contributed by atoms with E-state index in [4.69, 9.17) is 4.74 Å². The molecule has 2 aromatic rings. The quantitative estimate of drug-likeness (QED) is 0.459. The van der Waals surface area contributed by atoms with Gasteiger partial charge in [-0.3, -0.25) is 4.99 Å². The first kappa shape index (κ1) is 19.8. The Hall–Kier alpha value is -2.48. The molecule has 1 unspecified atom stereocenters. The summed E-state index contributed by atoms with van der Waals surface area (Å²) in [5.41, 5.74) is 1.47. The van der Waals surface area contributed by atoms with E-state index in [1.165, 1.54) is 23.5 Å². The average Bonchev–Trinajstić information content (AvgIpc) is 3.00. The number of benzene rings is 1. The van der Waals surface area contributed by atoms with E-state index in [-0.39, 0.29) is 17.8 Å². The minimum atomic E-state index is -0.352. The topological polar surface area (TPSA) is 75.6 Å². The van der Waals surface area contributed by atoms with Crippen LogP contribution in [-0.4, -0.2) is 30.6 Å². The minimum absolute atomic E-state index is 0.152. The number of carbonyl (C=O) groups is 1. The van der Waals surface area contributed by atoms with Crippen molar-refractivity contribution in [3.05, 3.63) is 51.2 Å². The van der Waals surface area contributed by atoms with Crippen LogP contribution >= 0.6 is 11.3 Å². The molecule has 2 N–H and O–H groups in total. The Bertz CT molecular complexity index is 791. The standard InChI is InChI=1S/C18H23FN4O2S/c1-5-25-17(24)15-11(2)22-16(26-15)12(3)23-18(20-4)21-10-13-7-6-8-14(19)9-13/h6-9,12H,5,10H2,1-4H3,(H2,20,21,23). The molecule has 0 amide bonds. The summed E-state index contributed by atoms with van der Waals surface area (Å²) in [4.78, 5) is 21.1. The van der Waals surface area contributed by atoms with E-state index in [9.17, 15) is 9.18 Å². The number of guanidine groups is 1. The molecule has 6 nitrogen and oxygen atoms in total. The third-order valence-corrected chi connectivity index (χ3v) is 4.89. The van der Waals surface area contributed by atoms with Gasteiger partial charge in [0, 0.05) is 13.6 Å². The van der Waals surface area contributed by atoms with Crippen molar-refractivity contribution in [3.63, 3.8) is 0 Å². The second kappa shape index (κ2) is 9.28. The smallest absolute Gasteiger partial charge is 0.350 e.